The highest BCUT2D eigenvalue weighted by atomic mass is 127. The van der Waals surface area contributed by atoms with Crippen LogP contribution in [-0.2, 0) is 0 Å². The molecule has 0 heterocycles. The fourth-order valence-electron chi connectivity index (χ4n) is 2.32. The van der Waals surface area contributed by atoms with Gasteiger partial charge in [-0.15, -0.1) is 0 Å². The van der Waals surface area contributed by atoms with Crippen molar-refractivity contribution in [2.75, 3.05) is 0 Å². The summed E-state index contributed by atoms with van der Waals surface area (Å²) in [4.78, 5) is 0. The van der Waals surface area contributed by atoms with Crippen LogP contribution >= 0.6 is 22.6 Å². The Kier molecular flexibility index (Phi) is 4.20. The second-order valence-corrected chi connectivity index (χ2v) is 5.76. The largest absolute Gasteiger partial charge is 0.320 e. The van der Waals surface area contributed by atoms with Gasteiger partial charge in [-0.3, -0.25) is 0 Å². The molecule has 2 N–H and O–H groups in total. The fraction of sp³-hybridized carbons (Fsp3) is 0.200. The number of hydrogen-bond donors (Lipinski definition) is 1. The first-order valence-electron chi connectivity index (χ1n) is 5.87. The van der Waals surface area contributed by atoms with Crippen molar-refractivity contribution in [2.45, 2.75) is 19.9 Å². The fourth-order valence-corrected chi connectivity index (χ4v) is 3.13. The Balaban J connectivity index is 2.53. The Hall–Kier alpha value is -1.01. The Morgan fingerprint density at radius 3 is 2.11 bits per heavy atom. The molecule has 0 saturated carbocycles. The number of aryl methyl sites for hydroxylation is 2. The zero-order valence-electron chi connectivity index (χ0n) is 10.7. The van der Waals surface area contributed by atoms with Gasteiger partial charge in [-0.2, -0.15) is 0 Å². The summed E-state index contributed by atoms with van der Waals surface area (Å²) in [6, 6.07) is 7.09. The van der Waals surface area contributed by atoms with E-state index >= 15 is 0 Å². The molecule has 2 aromatic rings. The topological polar surface area (TPSA) is 26.0 Å². The first-order chi connectivity index (χ1) is 8.90. The van der Waals surface area contributed by atoms with Gasteiger partial charge in [0.1, 0.15) is 11.6 Å². The number of benzene rings is 2. The standard InChI is InChI=1S/C15H14F2IN/c1-8-5-11(17)6-9(2)14(8)15(19)12-4-3-10(16)7-13(12)18/h3-7,15H,19H2,1-2H3. The van der Waals surface area contributed by atoms with Gasteiger partial charge in [0.05, 0.1) is 6.04 Å². The maximum Gasteiger partial charge on any atom is 0.124 e. The molecular formula is C15H14F2IN. The van der Waals surface area contributed by atoms with Crippen LogP contribution in [0.3, 0.4) is 0 Å². The maximum atomic E-state index is 13.3. The van der Waals surface area contributed by atoms with Crippen LogP contribution in [-0.4, -0.2) is 0 Å². The minimum absolute atomic E-state index is 0.264. The van der Waals surface area contributed by atoms with Gasteiger partial charge in [0.25, 0.3) is 0 Å². The molecule has 1 atom stereocenters. The van der Waals surface area contributed by atoms with Gasteiger partial charge in [0, 0.05) is 3.57 Å². The molecule has 0 aromatic heterocycles. The Morgan fingerprint density at radius 2 is 1.58 bits per heavy atom. The highest BCUT2D eigenvalue weighted by Gasteiger charge is 2.17. The molecule has 0 spiro atoms. The van der Waals surface area contributed by atoms with E-state index in [2.05, 4.69) is 22.6 Å². The lowest BCUT2D eigenvalue weighted by Crippen LogP contribution is -2.16. The normalized spacial score (nSPS) is 12.5. The van der Waals surface area contributed by atoms with Crippen LogP contribution in [0.1, 0.15) is 28.3 Å². The Labute approximate surface area is 125 Å². The van der Waals surface area contributed by atoms with Crippen LogP contribution in [0.4, 0.5) is 8.78 Å². The van der Waals surface area contributed by atoms with Crippen LogP contribution in [0.5, 0.6) is 0 Å². The summed E-state index contributed by atoms with van der Waals surface area (Å²) >= 11 is 2.06. The van der Waals surface area contributed by atoms with Crippen molar-refractivity contribution < 1.29 is 8.78 Å². The van der Waals surface area contributed by atoms with E-state index in [-0.39, 0.29) is 17.7 Å². The molecule has 1 nitrogen and oxygen atoms in total. The highest BCUT2D eigenvalue weighted by molar-refractivity contribution is 14.1. The van der Waals surface area contributed by atoms with Gasteiger partial charge in [0.2, 0.25) is 0 Å². The Morgan fingerprint density at radius 1 is 1.00 bits per heavy atom. The van der Waals surface area contributed by atoms with Crippen LogP contribution in [0.2, 0.25) is 0 Å². The van der Waals surface area contributed by atoms with E-state index in [1.807, 2.05) is 13.8 Å². The zero-order chi connectivity index (χ0) is 14.2. The van der Waals surface area contributed by atoms with Crippen molar-refractivity contribution in [3.05, 3.63) is 67.8 Å². The molecule has 0 aliphatic rings. The third-order valence-electron chi connectivity index (χ3n) is 3.17. The molecule has 0 saturated heterocycles. The highest BCUT2D eigenvalue weighted by Crippen LogP contribution is 2.29. The van der Waals surface area contributed by atoms with Crippen molar-refractivity contribution in [1.29, 1.82) is 0 Å². The number of halogens is 3. The summed E-state index contributed by atoms with van der Waals surface area (Å²) < 4.78 is 27.2. The molecule has 2 rings (SSSR count). The molecule has 0 bridgehead atoms. The van der Waals surface area contributed by atoms with Crippen LogP contribution in [0, 0.1) is 29.1 Å². The summed E-state index contributed by atoms with van der Waals surface area (Å²) in [6.07, 6.45) is 0. The van der Waals surface area contributed by atoms with Crippen molar-refractivity contribution >= 4 is 22.6 Å². The van der Waals surface area contributed by atoms with Crippen LogP contribution < -0.4 is 5.73 Å². The zero-order valence-corrected chi connectivity index (χ0v) is 12.8. The summed E-state index contributed by atoms with van der Waals surface area (Å²) in [6.45, 7) is 3.67. The molecule has 1 unspecified atom stereocenters. The van der Waals surface area contributed by atoms with Crippen LogP contribution in [0.15, 0.2) is 30.3 Å². The van der Waals surface area contributed by atoms with E-state index in [9.17, 15) is 8.78 Å². The van der Waals surface area contributed by atoms with Gasteiger partial charge < -0.3 is 5.73 Å². The third kappa shape index (κ3) is 2.95. The molecular weight excluding hydrogens is 359 g/mol. The quantitative estimate of drug-likeness (QED) is 0.784. The van der Waals surface area contributed by atoms with Crippen molar-refractivity contribution in [3.8, 4) is 0 Å². The van der Waals surface area contributed by atoms with Gasteiger partial charge in [-0.25, -0.2) is 8.78 Å². The summed E-state index contributed by atoms with van der Waals surface area (Å²) in [5.41, 5.74) is 9.63. The van der Waals surface area contributed by atoms with Crippen LogP contribution in [0.25, 0.3) is 0 Å². The molecule has 0 aliphatic carbocycles. The van der Waals surface area contributed by atoms with Crippen molar-refractivity contribution in [2.24, 2.45) is 5.73 Å². The van der Waals surface area contributed by atoms with E-state index in [0.717, 1.165) is 25.8 Å². The maximum absolute atomic E-state index is 13.3. The molecule has 100 valence electrons. The van der Waals surface area contributed by atoms with Gasteiger partial charge in [0.15, 0.2) is 0 Å². The van der Waals surface area contributed by atoms with E-state index in [1.165, 1.54) is 24.3 Å². The summed E-state index contributed by atoms with van der Waals surface area (Å²) in [7, 11) is 0. The van der Waals surface area contributed by atoms with Gasteiger partial charge in [-0.1, -0.05) is 6.07 Å². The Bertz CT molecular complexity index is 603. The second-order valence-electron chi connectivity index (χ2n) is 4.60. The van der Waals surface area contributed by atoms with E-state index < -0.39 is 0 Å². The predicted molar refractivity (Wildman–Crippen MR) is 81.0 cm³/mol. The third-order valence-corrected chi connectivity index (χ3v) is 4.10. The van der Waals surface area contributed by atoms with Gasteiger partial charge >= 0.3 is 0 Å². The van der Waals surface area contributed by atoms with E-state index in [1.54, 1.807) is 6.07 Å². The lowest BCUT2D eigenvalue weighted by atomic mass is 9.92. The number of hydrogen-bond acceptors (Lipinski definition) is 1. The average molecular weight is 373 g/mol. The number of nitrogens with two attached hydrogens (primary N) is 1. The van der Waals surface area contributed by atoms with E-state index in [0.29, 0.717) is 0 Å². The lowest BCUT2D eigenvalue weighted by Gasteiger charge is -2.19. The smallest absolute Gasteiger partial charge is 0.124 e. The minimum atomic E-state index is -0.381. The van der Waals surface area contributed by atoms with E-state index in [4.69, 9.17) is 5.73 Å². The lowest BCUT2D eigenvalue weighted by molar-refractivity contribution is 0.622. The molecule has 19 heavy (non-hydrogen) atoms. The molecule has 2 aromatic carbocycles. The average Bonchev–Trinajstić information content (AvgIpc) is 2.26. The first-order valence-corrected chi connectivity index (χ1v) is 6.95. The molecule has 0 aliphatic heterocycles. The molecule has 0 fully saturated rings. The molecule has 0 amide bonds. The second kappa shape index (κ2) is 5.54. The number of rotatable bonds is 2. The monoisotopic (exact) mass is 373 g/mol. The van der Waals surface area contributed by atoms with Crippen molar-refractivity contribution in [1.82, 2.24) is 0 Å². The predicted octanol–water partition coefficient (Wildman–Crippen LogP) is 4.23. The molecule has 0 radical (unpaired) electrons. The summed E-state index contributed by atoms with van der Waals surface area (Å²) in [5, 5.41) is 0. The molecule has 4 heteroatoms. The first kappa shape index (κ1) is 14.4. The van der Waals surface area contributed by atoms with Gasteiger partial charge in [-0.05, 0) is 83.0 Å². The minimum Gasteiger partial charge on any atom is -0.320 e. The summed E-state index contributed by atoms with van der Waals surface area (Å²) in [5.74, 6) is -0.548. The van der Waals surface area contributed by atoms with Crippen molar-refractivity contribution in [3.63, 3.8) is 0 Å². The SMILES string of the molecule is Cc1cc(F)cc(C)c1C(N)c1ccc(F)cc1I.